The average Bonchev–Trinajstić information content (AvgIpc) is 2.19. The van der Waals surface area contributed by atoms with Gasteiger partial charge in [-0.25, -0.2) is 0 Å². The molecule has 0 saturated heterocycles. The van der Waals surface area contributed by atoms with Crippen molar-refractivity contribution in [3.63, 3.8) is 0 Å². The molecule has 0 bridgehead atoms. The highest BCUT2D eigenvalue weighted by atomic mass is 16.4. The van der Waals surface area contributed by atoms with E-state index in [0.717, 1.165) is 0 Å². The molecule has 0 aromatic carbocycles. The second kappa shape index (κ2) is 4.52. The standard InChI is InChI=1S/C8H16O6/c9-2-5(11)3-1-4(10)7(13)8(14)6(3)12/h3-14H,1-2H2/t3-,4-,5-,6+,7-,8-/m1/s1. The van der Waals surface area contributed by atoms with Crippen LogP contribution in [-0.2, 0) is 0 Å². The quantitative estimate of drug-likeness (QED) is 0.284. The van der Waals surface area contributed by atoms with Crippen molar-refractivity contribution in [3.8, 4) is 0 Å². The molecule has 1 saturated carbocycles. The Labute approximate surface area is 81.1 Å². The van der Waals surface area contributed by atoms with E-state index in [1.165, 1.54) is 0 Å². The molecule has 0 radical (unpaired) electrons. The fourth-order valence-electron chi connectivity index (χ4n) is 1.76. The molecule has 0 heterocycles. The molecule has 0 aromatic rings. The largest absolute Gasteiger partial charge is 0.394 e. The van der Waals surface area contributed by atoms with Gasteiger partial charge >= 0.3 is 0 Å². The van der Waals surface area contributed by atoms with Crippen LogP contribution in [0.15, 0.2) is 0 Å². The van der Waals surface area contributed by atoms with Crippen LogP contribution < -0.4 is 0 Å². The zero-order valence-corrected chi connectivity index (χ0v) is 7.56. The second-order valence-electron chi connectivity index (χ2n) is 3.69. The maximum absolute atomic E-state index is 9.43. The Morgan fingerprint density at radius 1 is 1.00 bits per heavy atom. The first kappa shape index (κ1) is 11.8. The summed E-state index contributed by atoms with van der Waals surface area (Å²) in [5.74, 6) is -0.826. The number of aliphatic hydroxyl groups excluding tert-OH is 6. The summed E-state index contributed by atoms with van der Waals surface area (Å²) in [6, 6.07) is 0. The van der Waals surface area contributed by atoms with Crippen LogP contribution in [0.25, 0.3) is 0 Å². The van der Waals surface area contributed by atoms with Gasteiger partial charge in [-0.15, -0.1) is 0 Å². The lowest BCUT2D eigenvalue weighted by Crippen LogP contribution is -2.56. The second-order valence-corrected chi connectivity index (χ2v) is 3.69. The Morgan fingerprint density at radius 3 is 2.07 bits per heavy atom. The third kappa shape index (κ3) is 2.05. The molecule has 1 rings (SSSR count). The Bertz CT molecular complexity index is 187. The first-order valence-corrected chi connectivity index (χ1v) is 4.50. The lowest BCUT2D eigenvalue weighted by atomic mass is 9.78. The first-order chi connectivity index (χ1) is 6.49. The SMILES string of the molecule is OC[C@@H](O)[C@H]1C[C@@H](O)[C@@H](O)[C@H](O)[C@H]1O. The summed E-state index contributed by atoms with van der Waals surface area (Å²) in [4.78, 5) is 0. The van der Waals surface area contributed by atoms with E-state index in [4.69, 9.17) is 5.11 Å². The van der Waals surface area contributed by atoms with E-state index in [0.29, 0.717) is 0 Å². The fraction of sp³-hybridized carbons (Fsp3) is 1.00. The van der Waals surface area contributed by atoms with Crippen LogP contribution in [-0.4, -0.2) is 67.8 Å². The van der Waals surface area contributed by atoms with Crippen molar-refractivity contribution in [2.45, 2.75) is 36.9 Å². The highest BCUT2D eigenvalue weighted by Gasteiger charge is 2.44. The molecule has 0 amide bonds. The van der Waals surface area contributed by atoms with Crippen LogP contribution in [0.2, 0.25) is 0 Å². The molecule has 0 aliphatic heterocycles. The zero-order chi connectivity index (χ0) is 10.9. The van der Waals surface area contributed by atoms with E-state index in [1.54, 1.807) is 0 Å². The Morgan fingerprint density at radius 2 is 1.57 bits per heavy atom. The Kier molecular flexibility index (Phi) is 3.82. The molecule has 14 heavy (non-hydrogen) atoms. The molecule has 84 valence electrons. The van der Waals surface area contributed by atoms with Crippen LogP contribution in [0.4, 0.5) is 0 Å². The lowest BCUT2D eigenvalue weighted by molar-refractivity contribution is -0.177. The van der Waals surface area contributed by atoms with Crippen molar-refractivity contribution >= 4 is 0 Å². The third-order valence-corrected chi connectivity index (χ3v) is 2.73. The smallest absolute Gasteiger partial charge is 0.109 e. The predicted octanol–water partition coefficient (Wildman–Crippen LogP) is -3.20. The van der Waals surface area contributed by atoms with Gasteiger partial charge in [0.05, 0.1) is 24.9 Å². The van der Waals surface area contributed by atoms with Gasteiger partial charge in [-0.2, -0.15) is 0 Å². The van der Waals surface area contributed by atoms with Gasteiger partial charge in [0.1, 0.15) is 12.2 Å². The molecule has 6 N–H and O–H groups in total. The van der Waals surface area contributed by atoms with Gasteiger partial charge < -0.3 is 30.6 Å². The lowest BCUT2D eigenvalue weighted by Gasteiger charge is -2.39. The van der Waals surface area contributed by atoms with Gasteiger partial charge in [0.25, 0.3) is 0 Å². The molecule has 0 spiro atoms. The van der Waals surface area contributed by atoms with Crippen LogP contribution in [0, 0.1) is 5.92 Å². The minimum absolute atomic E-state index is 0.0544. The van der Waals surface area contributed by atoms with Gasteiger partial charge in [-0.05, 0) is 6.42 Å². The predicted molar refractivity (Wildman–Crippen MR) is 45.2 cm³/mol. The van der Waals surface area contributed by atoms with Crippen molar-refractivity contribution in [2.75, 3.05) is 6.61 Å². The maximum Gasteiger partial charge on any atom is 0.109 e. The number of hydrogen-bond donors (Lipinski definition) is 6. The number of hydrogen-bond acceptors (Lipinski definition) is 6. The van der Waals surface area contributed by atoms with Gasteiger partial charge in [0.2, 0.25) is 0 Å². The molecule has 0 unspecified atom stereocenters. The summed E-state index contributed by atoms with van der Waals surface area (Å²) in [7, 11) is 0. The zero-order valence-electron chi connectivity index (χ0n) is 7.56. The van der Waals surface area contributed by atoms with Crippen molar-refractivity contribution in [1.29, 1.82) is 0 Å². The molecule has 0 aromatic heterocycles. The van der Waals surface area contributed by atoms with E-state index in [2.05, 4.69) is 0 Å². The minimum atomic E-state index is -1.50. The van der Waals surface area contributed by atoms with Gasteiger partial charge in [0, 0.05) is 5.92 Å². The Hall–Kier alpha value is -0.240. The molecule has 1 aliphatic rings. The molecule has 6 atom stereocenters. The number of rotatable bonds is 2. The van der Waals surface area contributed by atoms with E-state index in [1.807, 2.05) is 0 Å². The summed E-state index contributed by atoms with van der Waals surface area (Å²) >= 11 is 0. The van der Waals surface area contributed by atoms with Crippen molar-refractivity contribution in [2.24, 2.45) is 5.92 Å². The molecule has 6 nitrogen and oxygen atoms in total. The number of aliphatic hydroxyl groups is 6. The first-order valence-electron chi connectivity index (χ1n) is 4.50. The van der Waals surface area contributed by atoms with Crippen molar-refractivity contribution < 1.29 is 30.6 Å². The summed E-state index contributed by atoms with van der Waals surface area (Å²) < 4.78 is 0. The molecule has 1 aliphatic carbocycles. The fourth-order valence-corrected chi connectivity index (χ4v) is 1.76. The summed E-state index contributed by atoms with van der Waals surface area (Å²) in [6.45, 7) is -0.558. The normalized spacial score (nSPS) is 46.3. The van der Waals surface area contributed by atoms with Crippen LogP contribution in [0.3, 0.4) is 0 Å². The maximum atomic E-state index is 9.43. The van der Waals surface area contributed by atoms with E-state index < -0.39 is 43.0 Å². The summed E-state index contributed by atoms with van der Waals surface area (Å²) in [6.07, 6.45) is -6.70. The van der Waals surface area contributed by atoms with Crippen molar-refractivity contribution in [1.82, 2.24) is 0 Å². The summed E-state index contributed by atoms with van der Waals surface area (Å²) in [5.41, 5.74) is 0. The molecule has 1 fully saturated rings. The molecular formula is C8H16O6. The van der Waals surface area contributed by atoms with Gasteiger partial charge in [-0.3, -0.25) is 0 Å². The van der Waals surface area contributed by atoms with Gasteiger partial charge in [0.15, 0.2) is 0 Å². The van der Waals surface area contributed by atoms with Crippen molar-refractivity contribution in [3.05, 3.63) is 0 Å². The third-order valence-electron chi connectivity index (χ3n) is 2.73. The van der Waals surface area contributed by atoms with Gasteiger partial charge in [-0.1, -0.05) is 0 Å². The summed E-state index contributed by atoms with van der Waals surface area (Å²) in [5, 5.41) is 55.1. The van der Waals surface area contributed by atoms with Crippen LogP contribution in [0.5, 0.6) is 0 Å². The Balaban J connectivity index is 2.70. The van der Waals surface area contributed by atoms with Crippen LogP contribution in [0.1, 0.15) is 6.42 Å². The highest BCUT2D eigenvalue weighted by molar-refractivity contribution is 4.94. The van der Waals surface area contributed by atoms with E-state index in [9.17, 15) is 25.5 Å². The van der Waals surface area contributed by atoms with E-state index in [-0.39, 0.29) is 6.42 Å². The minimum Gasteiger partial charge on any atom is -0.394 e. The average molecular weight is 208 g/mol. The molecule has 6 heteroatoms. The molecular weight excluding hydrogens is 192 g/mol. The van der Waals surface area contributed by atoms with E-state index >= 15 is 0 Å². The highest BCUT2D eigenvalue weighted by Crippen LogP contribution is 2.28. The monoisotopic (exact) mass is 208 g/mol. The van der Waals surface area contributed by atoms with Crippen LogP contribution >= 0.6 is 0 Å². The topological polar surface area (TPSA) is 121 Å².